The van der Waals surface area contributed by atoms with Gasteiger partial charge in [-0.2, -0.15) is 0 Å². The molecule has 0 spiro atoms. The number of hydrogen-bond acceptors (Lipinski definition) is 3. The number of rotatable bonds is 3. The maximum atomic E-state index is 12.1. The zero-order valence-corrected chi connectivity index (χ0v) is 12.3. The largest absolute Gasteiger partial charge is 0.345 e. The molecule has 0 aliphatic carbocycles. The molecule has 1 heterocycles. The Hall–Kier alpha value is -1.59. The number of benzene rings is 1. The van der Waals surface area contributed by atoms with Crippen LogP contribution in [0.15, 0.2) is 18.2 Å². The summed E-state index contributed by atoms with van der Waals surface area (Å²) in [6.07, 6.45) is 1.79. The second-order valence-electron chi connectivity index (χ2n) is 5.03. The summed E-state index contributed by atoms with van der Waals surface area (Å²) in [6.45, 7) is 0.844. The maximum absolute atomic E-state index is 12.1. The highest BCUT2D eigenvalue weighted by Gasteiger charge is 2.23. The van der Waals surface area contributed by atoms with Crippen LogP contribution in [0.1, 0.15) is 23.2 Å². The van der Waals surface area contributed by atoms with Gasteiger partial charge in [-0.3, -0.25) is 9.59 Å². The van der Waals surface area contributed by atoms with E-state index in [-0.39, 0.29) is 17.9 Å². The van der Waals surface area contributed by atoms with Crippen molar-refractivity contribution in [2.75, 3.05) is 26.0 Å². The average molecular weight is 296 g/mol. The highest BCUT2D eigenvalue weighted by molar-refractivity contribution is 6.31. The number of anilines is 1. The Balaban J connectivity index is 2.22. The number of halogens is 1. The lowest BCUT2D eigenvalue weighted by atomic mass is 10.1. The molecule has 0 radical (unpaired) electrons. The lowest BCUT2D eigenvalue weighted by Crippen LogP contribution is -2.36. The molecule has 1 saturated heterocycles. The average Bonchev–Trinajstić information content (AvgIpc) is 2.92. The second kappa shape index (κ2) is 6.24. The summed E-state index contributed by atoms with van der Waals surface area (Å²) in [5.74, 6) is -0.297. The number of carbonyl (C=O) groups is 2. The maximum Gasteiger partial charge on any atom is 0.255 e. The van der Waals surface area contributed by atoms with Crippen molar-refractivity contribution in [2.24, 2.45) is 0 Å². The van der Waals surface area contributed by atoms with Crippen LogP contribution in [0.2, 0.25) is 5.02 Å². The Morgan fingerprint density at radius 1 is 1.40 bits per heavy atom. The Bertz CT molecular complexity index is 525. The lowest BCUT2D eigenvalue weighted by Gasteiger charge is -2.17. The Morgan fingerprint density at radius 3 is 2.75 bits per heavy atom. The van der Waals surface area contributed by atoms with Crippen molar-refractivity contribution in [1.82, 2.24) is 10.2 Å². The lowest BCUT2D eigenvalue weighted by molar-refractivity contribution is -0.117. The van der Waals surface area contributed by atoms with Gasteiger partial charge >= 0.3 is 0 Å². The van der Waals surface area contributed by atoms with Crippen LogP contribution < -0.4 is 10.6 Å². The SMILES string of the molecule is CN(C)C(=O)c1ccc(Cl)cc1NC(=O)[C@H]1CCCN1. The standard InChI is InChI=1S/C14H18ClN3O2/c1-18(2)14(20)10-6-5-9(15)8-12(10)17-13(19)11-4-3-7-16-11/h5-6,8,11,16H,3-4,7H2,1-2H3,(H,17,19)/t11-/m1/s1. The smallest absolute Gasteiger partial charge is 0.255 e. The first kappa shape index (κ1) is 14.8. The molecule has 5 nitrogen and oxygen atoms in total. The molecule has 2 N–H and O–H groups in total. The van der Waals surface area contributed by atoms with Crippen molar-refractivity contribution in [1.29, 1.82) is 0 Å². The molecule has 108 valence electrons. The number of nitrogens with one attached hydrogen (secondary N) is 2. The molecule has 0 unspecified atom stereocenters. The topological polar surface area (TPSA) is 61.4 Å². The molecule has 1 fully saturated rings. The number of hydrogen-bond donors (Lipinski definition) is 2. The van der Waals surface area contributed by atoms with E-state index >= 15 is 0 Å². The van der Waals surface area contributed by atoms with Gasteiger partial charge in [0, 0.05) is 19.1 Å². The normalized spacial score (nSPS) is 17.9. The highest BCUT2D eigenvalue weighted by Crippen LogP contribution is 2.23. The van der Waals surface area contributed by atoms with Gasteiger partial charge in [0.15, 0.2) is 0 Å². The summed E-state index contributed by atoms with van der Waals surface area (Å²) >= 11 is 5.95. The minimum Gasteiger partial charge on any atom is -0.345 e. The van der Waals surface area contributed by atoms with Crippen molar-refractivity contribution < 1.29 is 9.59 Å². The van der Waals surface area contributed by atoms with E-state index in [1.165, 1.54) is 4.90 Å². The monoisotopic (exact) mass is 295 g/mol. The zero-order valence-electron chi connectivity index (χ0n) is 11.6. The molecule has 6 heteroatoms. The first-order valence-corrected chi connectivity index (χ1v) is 6.92. The van der Waals surface area contributed by atoms with Gasteiger partial charge in [0.05, 0.1) is 17.3 Å². The van der Waals surface area contributed by atoms with Crippen LogP contribution in [0.4, 0.5) is 5.69 Å². The van der Waals surface area contributed by atoms with E-state index < -0.39 is 0 Å². The molecule has 2 rings (SSSR count). The van der Waals surface area contributed by atoms with E-state index in [2.05, 4.69) is 10.6 Å². The van der Waals surface area contributed by atoms with Crippen LogP contribution in [-0.2, 0) is 4.79 Å². The third-order valence-corrected chi connectivity index (χ3v) is 3.49. The second-order valence-corrected chi connectivity index (χ2v) is 5.46. The Morgan fingerprint density at radius 2 is 2.15 bits per heavy atom. The van der Waals surface area contributed by atoms with Crippen molar-refractivity contribution in [3.05, 3.63) is 28.8 Å². The van der Waals surface area contributed by atoms with Crippen molar-refractivity contribution in [3.8, 4) is 0 Å². The minimum absolute atomic E-state index is 0.127. The van der Waals surface area contributed by atoms with Crippen LogP contribution in [-0.4, -0.2) is 43.4 Å². The number of carbonyl (C=O) groups excluding carboxylic acids is 2. The van der Waals surface area contributed by atoms with Crippen molar-refractivity contribution in [3.63, 3.8) is 0 Å². The highest BCUT2D eigenvalue weighted by atomic mass is 35.5. The van der Waals surface area contributed by atoms with E-state index in [4.69, 9.17) is 11.6 Å². The summed E-state index contributed by atoms with van der Waals surface area (Å²) in [7, 11) is 3.34. The summed E-state index contributed by atoms with van der Waals surface area (Å²) in [5.41, 5.74) is 0.889. The van der Waals surface area contributed by atoms with Crippen molar-refractivity contribution >= 4 is 29.1 Å². The van der Waals surface area contributed by atoms with E-state index in [1.54, 1.807) is 32.3 Å². The molecular weight excluding hydrogens is 278 g/mol. The van der Waals surface area contributed by atoms with Gasteiger partial charge in [-0.15, -0.1) is 0 Å². The summed E-state index contributed by atoms with van der Waals surface area (Å²) in [4.78, 5) is 25.7. The van der Waals surface area contributed by atoms with E-state index in [9.17, 15) is 9.59 Å². The van der Waals surface area contributed by atoms with Crippen LogP contribution in [0.5, 0.6) is 0 Å². The molecule has 1 atom stereocenters. The van der Waals surface area contributed by atoms with E-state index in [0.29, 0.717) is 16.3 Å². The first-order chi connectivity index (χ1) is 9.49. The van der Waals surface area contributed by atoms with Gasteiger partial charge < -0.3 is 15.5 Å². The van der Waals surface area contributed by atoms with Crippen molar-refractivity contribution in [2.45, 2.75) is 18.9 Å². The Labute approximate surface area is 123 Å². The van der Waals surface area contributed by atoms with Gasteiger partial charge in [-0.1, -0.05) is 11.6 Å². The summed E-state index contributed by atoms with van der Waals surface area (Å²) in [6, 6.07) is 4.67. The molecular formula is C14H18ClN3O2. The van der Waals surface area contributed by atoms with E-state index in [1.807, 2.05) is 0 Å². The minimum atomic E-state index is -0.198. The number of nitrogens with zero attached hydrogens (tertiary/aromatic N) is 1. The third-order valence-electron chi connectivity index (χ3n) is 3.25. The fourth-order valence-electron chi connectivity index (χ4n) is 2.18. The van der Waals surface area contributed by atoms with Crippen LogP contribution >= 0.6 is 11.6 Å². The number of amides is 2. The van der Waals surface area contributed by atoms with Gasteiger partial charge in [0.2, 0.25) is 5.91 Å². The first-order valence-electron chi connectivity index (χ1n) is 6.54. The molecule has 1 aliphatic heterocycles. The molecule has 0 aromatic heterocycles. The molecule has 1 aromatic rings. The molecule has 20 heavy (non-hydrogen) atoms. The molecule has 1 aromatic carbocycles. The molecule has 2 amide bonds. The third kappa shape index (κ3) is 3.29. The van der Waals surface area contributed by atoms with Gasteiger partial charge in [-0.05, 0) is 37.6 Å². The summed E-state index contributed by atoms with van der Waals surface area (Å²) < 4.78 is 0. The predicted molar refractivity (Wildman–Crippen MR) is 79.1 cm³/mol. The van der Waals surface area contributed by atoms with Crippen LogP contribution in [0.3, 0.4) is 0 Å². The predicted octanol–water partition coefficient (Wildman–Crippen LogP) is 1.73. The molecule has 0 bridgehead atoms. The zero-order chi connectivity index (χ0) is 14.7. The van der Waals surface area contributed by atoms with Gasteiger partial charge in [-0.25, -0.2) is 0 Å². The van der Waals surface area contributed by atoms with Crippen LogP contribution in [0.25, 0.3) is 0 Å². The fourth-order valence-corrected chi connectivity index (χ4v) is 2.35. The van der Waals surface area contributed by atoms with Gasteiger partial charge in [0.25, 0.3) is 5.91 Å². The van der Waals surface area contributed by atoms with E-state index in [0.717, 1.165) is 19.4 Å². The summed E-state index contributed by atoms with van der Waals surface area (Å²) in [5, 5.41) is 6.40. The van der Waals surface area contributed by atoms with Gasteiger partial charge in [0.1, 0.15) is 0 Å². The Kier molecular flexibility index (Phi) is 4.62. The fraction of sp³-hybridized carbons (Fsp3) is 0.429. The quantitative estimate of drug-likeness (QED) is 0.893. The molecule has 1 aliphatic rings. The van der Waals surface area contributed by atoms with Crippen LogP contribution in [0, 0.1) is 0 Å². The molecule has 0 saturated carbocycles.